The molecular formula is C15H22N2O2. The normalized spacial score (nSPS) is 21.0. The predicted octanol–water partition coefficient (Wildman–Crippen LogP) is 1.62. The van der Waals surface area contributed by atoms with Gasteiger partial charge >= 0.3 is 0 Å². The van der Waals surface area contributed by atoms with E-state index in [-0.39, 0.29) is 17.9 Å². The molecule has 19 heavy (non-hydrogen) atoms. The molecule has 0 radical (unpaired) electrons. The molecule has 104 valence electrons. The maximum absolute atomic E-state index is 12.5. The summed E-state index contributed by atoms with van der Waals surface area (Å²) in [7, 11) is 1.64. The summed E-state index contributed by atoms with van der Waals surface area (Å²) in [6, 6.07) is 8.00. The fourth-order valence-corrected chi connectivity index (χ4v) is 2.45. The lowest BCUT2D eigenvalue weighted by atomic mass is 9.98. The van der Waals surface area contributed by atoms with Crippen LogP contribution in [-0.2, 0) is 4.79 Å². The second-order valence-corrected chi connectivity index (χ2v) is 5.08. The predicted molar refractivity (Wildman–Crippen MR) is 75.5 cm³/mol. The summed E-state index contributed by atoms with van der Waals surface area (Å²) in [5.41, 5.74) is 1.04. The SMILES string of the molecule is COc1ccc(C(C)C(=O)N2CCNC[C@@H]2C)cc1. The molecule has 2 atom stereocenters. The van der Waals surface area contributed by atoms with E-state index >= 15 is 0 Å². The molecule has 1 fully saturated rings. The van der Waals surface area contributed by atoms with E-state index in [0.717, 1.165) is 30.9 Å². The first-order valence-electron chi connectivity index (χ1n) is 6.78. The van der Waals surface area contributed by atoms with Crippen LogP contribution in [0.3, 0.4) is 0 Å². The van der Waals surface area contributed by atoms with Crippen LogP contribution in [0.15, 0.2) is 24.3 Å². The van der Waals surface area contributed by atoms with Gasteiger partial charge in [-0.25, -0.2) is 0 Å². The van der Waals surface area contributed by atoms with Gasteiger partial charge in [-0.2, -0.15) is 0 Å². The van der Waals surface area contributed by atoms with Crippen LogP contribution in [0.5, 0.6) is 5.75 Å². The Morgan fingerprint density at radius 3 is 2.68 bits per heavy atom. The number of hydrogen-bond donors (Lipinski definition) is 1. The Morgan fingerprint density at radius 2 is 2.11 bits per heavy atom. The Balaban J connectivity index is 2.08. The minimum absolute atomic E-state index is 0.105. The van der Waals surface area contributed by atoms with Crippen molar-refractivity contribution in [3.8, 4) is 5.75 Å². The van der Waals surface area contributed by atoms with Gasteiger partial charge in [0.2, 0.25) is 5.91 Å². The molecule has 0 aromatic heterocycles. The quantitative estimate of drug-likeness (QED) is 0.900. The molecule has 1 saturated heterocycles. The largest absolute Gasteiger partial charge is 0.497 e. The summed E-state index contributed by atoms with van der Waals surface area (Å²) in [4.78, 5) is 14.5. The lowest BCUT2D eigenvalue weighted by Crippen LogP contribution is -2.53. The molecule has 0 spiro atoms. The third-order valence-corrected chi connectivity index (χ3v) is 3.77. The highest BCUT2D eigenvalue weighted by Gasteiger charge is 2.27. The Bertz CT molecular complexity index is 430. The van der Waals surface area contributed by atoms with Gasteiger partial charge in [0.25, 0.3) is 0 Å². The number of carbonyl (C=O) groups excluding carboxylic acids is 1. The summed E-state index contributed by atoms with van der Waals surface area (Å²) < 4.78 is 5.14. The molecular weight excluding hydrogens is 240 g/mol. The molecule has 1 aromatic carbocycles. The van der Waals surface area contributed by atoms with Crippen LogP contribution in [0, 0.1) is 0 Å². The highest BCUT2D eigenvalue weighted by molar-refractivity contribution is 5.83. The van der Waals surface area contributed by atoms with Crippen LogP contribution in [-0.4, -0.2) is 43.6 Å². The minimum Gasteiger partial charge on any atom is -0.497 e. The van der Waals surface area contributed by atoms with Crippen LogP contribution in [0.2, 0.25) is 0 Å². The molecule has 1 unspecified atom stereocenters. The summed E-state index contributed by atoms with van der Waals surface area (Å²) in [5, 5.41) is 3.30. The topological polar surface area (TPSA) is 41.6 Å². The Kier molecular flexibility index (Phi) is 4.43. The molecule has 1 heterocycles. The van der Waals surface area contributed by atoms with Crippen molar-refractivity contribution in [1.29, 1.82) is 0 Å². The van der Waals surface area contributed by atoms with Gasteiger partial charge in [-0.05, 0) is 31.5 Å². The highest BCUT2D eigenvalue weighted by Crippen LogP contribution is 2.22. The van der Waals surface area contributed by atoms with Gasteiger partial charge < -0.3 is 15.0 Å². The van der Waals surface area contributed by atoms with Crippen molar-refractivity contribution in [3.05, 3.63) is 29.8 Å². The third-order valence-electron chi connectivity index (χ3n) is 3.77. The first-order valence-corrected chi connectivity index (χ1v) is 6.78. The first kappa shape index (κ1) is 13.9. The molecule has 1 aliphatic rings. The Morgan fingerprint density at radius 1 is 1.42 bits per heavy atom. The van der Waals surface area contributed by atoms with E-state index in [0.29, 0.717) is 0 Å². The van der Waals surface area contributed by atoms with E-state index in [2.05, 4.69) is 12.2 Å². The number of piperazine rings is 1. The maximum atomic E-state index is 12.5. The van der Waals surface area contributed by atoms with Crippen molar-refractivity contribution in [3.63, 3.8) is 0 Å². The van der Waals surface area contributed by atoms with Gasteiger partial charge in [-0.3, -0.25) is 4.79 Å². The summed E-state index contributed by atoms with van der Waals surface area (Å²) in [6.45, 7) is 6.61. The van der Waals surface area contributed by atoms with Crippen molar-refractivity contribution in [2.75, 3.05) is 26.7 Å². The number of amides is 1. The summed E-state index contributed by atoms with van der Waals surface area (Å²) in [6.07, 6.45) is 0. The number of methoxy groups -OCH3 is 1. The molecule has 0 aliphatic carbocycles. The molecule has 4 nitrogen and oxygen atoms in total. The Labute approximate surface area is 114 Å². The number of carbonyl (C=O) groups is 1. The van der Waals surface area contributed by atoms with Crippen LogP contribution in [0.1, 0.15) is 25.3 Å². The molecule has 1 amide bonds. The van der Waals surface area contributed by atoms with Crippen molar-refractivity contribution < 1.29 is 9.53 Å². The third kappa shape index (κ3) is 3.07. The molecule has 4 heteroatoms. The van der Waals surface area contributed by atoms with Gasteiger partial charge in [0.05, 0.1) is 13.0 Å². The number of benzene rings is 1. The van der Waals surface area contributed by atoms with E-state index in [4.69, 9.17) is 4.74 Å². The van der Waals surface area contributed by atoms with Crippen molar-refractivity contribution in [2.45, 2.75) is 25.8 Å². The smallest absolute Gasteiger partial charge is 0.230 e. The van der Waals surface area contributed by atoms with Crippen LogP contribution in [0.4, 0.5) is 0 Å². The highest BCUT2D eigenvalue weighted by atomic mass is 16.5. The van der Waals surface area contributed by atoms with Crippen LogP contribution >= 0.6 is 0 Å². The first-order chi connectivity index (χ1) is 9.13. The zero-order valence-corrected chi connectivity index (χ0v) is 11.8. The molecule has 2 rings (SSSR count). The number of rotatable bonds is 3. The standard InChI is InChI=1S/C15H22N2O2/c1-11-10-16-8-9-17(11)15(18)12(2)13-4-6-14(19-3)7-5-13/h4-7,11-12,16H,8-10H2,1-3H3/t11-,12?/m0/s1. The summed E-state index contributed by atoms with van der Waals surface area (Å²) in [5.74, 6) is 0.921. The van der Waals surface area contributed by atoms with Gasteiger partial charge in [-0.1, -0.05) is 12.1 Å². The fraction of sp³-hybridized carbons (Fsp3) is 0.533. The number of ether oxygens (including phenoxy) is 1. The van der Waals surface area contributed by atoms with E-state index in [1.54, 1.807) is 7.11 Å². The minimum atomic E-state index is -0.105. The molecule has 1 aromatic rings. The van der Waals surface area contributed by atoms with E-state index in [1.807, 2.05) is 36.1 Å². The number of nitrogens with zero attached hydrogens (tertiary/aromatic N) is 1. The van der Waals surface area contributed by atoms with Crippen LogP contribution < -0.4 is 10.1 Å². The van der Waals surface area contributed by atoms with Crippen molar-refractivity contribution >= 4 is 5.91 Å². The van der Waals surface area contributed by atoms with Crippen molar-refractivity contribution in [1.82, 2.24) is 10.2 Å². The van der Waals surface area contributed by atoms with Gasteiger partial charge in [0.15, 0.2) is 0 Å². The lowest BCUT2D eigenvalue weighted by molar-refractivity contribution is -0.135. The second kappa shape index (κ2) is 6.06. The van der Waals surface area contributed by atoms with E-state index in [9.17, 15) is 4.79 Å². The zero-order valence-electron chi connectivity index (χ0n) is 11.8. The zero-order chi connectivity index (χ0) is 13.8. The summed E-state index contributed by atoms with van der Waals surface area (Å²) >= 11 is 0. The molecule has 0 saturated carbocycles. The molecule has 0 bridgehead atoms. The van der Waals surface area contributed by atoms with Crippen LogP contribution in [0.25, 0.3) is 0 Å². The lowest BCUT2D eigenvalue weighted by Gasteiger charge is -2.35. The molecule has 1 aliphatic heterocycles. The average Bonchev–Trinajstić information content (AvgIpc) is 2.46. The number of hydrogen-bond acceptors (Lipinski definition) is 3. The Hall–Kier alpha value is -1.55. The fourth-order valence-electron chi connectivity index (χ4n) is 2.45. The monoisotopic (exact) mass is 262 g/mol. The van der Waals surface area contributed by atoms with E-state index in [1.165, 1.54) is 0 Å². The van der Waals surface area contributed by atoms with Gasteiger partial charge in [0, 0.05) is 25.7 Å². The van der Waals surface area contributed by atoms with Crippen molar-refractivity contribution in [2.24, 2.45) is 0 Å². The number of nitrogens with one attached hydrogen (secondary N) is 1. The molecule has 1 N–H and O–H groups in total. The average molecular weight is 262 g/mol. The van der Waals surface area contributed by atoms with Gasteiger partial charge in [-0.15, -0.1) is 0 Å². The maximum Gasteiger partial charge on any atom is 0.230 e. The van der Waals surface area contributed by atoms with Gasteiger partial charge in [0.1, 0.15) is 5.75 Å². The second-order valence-electron chi connectivity index (χ2n) is 5.08. The van der Waals surface area contributed by atoms with E-state index < -0.39 is 0 Å².